The molecule has 2 rings (SSSR count). The van der Waals surface area contributed by atoms with E-state index in [9.17, 15) is 14.9 Å². The van der Waals surface area contributed by atoms with E-state index in [-0.39, 0.29) is 17.9 Å². The number of nitrogens with one attached hydrogen (secondary N) is 2. The molecule has 0 saturated carbocycles. The average molecular weight is 386 g/mol. The standard InChI is InChI=1S/C21H30N4O3/c1-16(2)14-19(24-21(27)25-10-12-28-13-11-25)20(26)23-18(15-22)9-8-17-6-4-3-5-7-17/h3-7,16,18-19H,8-14H2,1-2H3,(H,23,26)(H,24,27)/t18-,19+/m0/s1. The number of benzene rings is 1. The minimum atomic E-state index is -0.664. The van der Waals surface area contributed by atoms with Gasteiger partial charge in [0.15, 0.2) is 0 Å². The van der Waals surface area contributed by atoms with Crippen molar-refractivity contribution in [1.82, 2.24) is 15.5 Å². The normalized spacial score (nSPS) is 16.1. The molecule has 0 bridgehead atoms. The molecular formula is C21H30N4O3. The lowest BCUT2D eigenvalue weighted by atomic mass is 10.0. The number of hydrogen-bond acceptors (Lipinski definition) is 4. The first-order valence-electron chi connectivity index (χ1n) is 9.86. The molecule has 2 N–H and O–H groups in total. The molecule has 0 unspecified atom stereocenters. The zero-order valence-electron chi connectivity index (χ0n) is 16.7. The van der Waals surface area contributed by atoms with Gasteiger partial charge < -0.3 is 20.3 Å². The highest BCUT2D eigenvalue weighted by atomic mass is 16.5. The van der Waals surface area contributed by atoms with Gasteiger partial charge in [-0.3, -0.25) is 4.79 Å². The fourth-order valence-corrected chi connectivity index (χ4v) is 3.11. The predicted octanol–water partition coefficient (Wildman–Crippen LogP) is 2.08. The van der Waals surface area contributed by atoms with Crippen molar-refractivity contribution in [3.63, 3.8) is 0 Å². The van der Waals surface area contributed by atoms with Gasteiger partial charge in [-0.2, -0.15) is 5.26 Å². The Bertz CT molecular complexity index is 666. The molecule has 1 aromatic carbocycles. The lowest BCUT2D eigenvalue weighted by molar-refractivity contribution is -0.123. The van der Waals surface area contributed by atoms with Crippen molar-refractivity contribution >= 4 is 11.9 Å². The lowest BCUT2D eigenvalue weighted by Crippen LogP contribution is -2.55. The van der Waals surface area contributed by atoms with Gasteiger partial charge in [0.05, 0.1) is 19.3 Å². The van der Waals surface area contributed by atoms with Gasteiger partial charge in [-0.05, 0) is 30.7 Å². The number of aryl methyl sites for hydroxylation is 1. The minimum absolute atomic E-state index is 0.227. The van der Waals surface area contributed by atoms with Gasteiger partial charge in [-0.15, -0.1) is 0 Å². The van der Waals surface area contributed by atoms with Crippen LogP contribution >= 0.6 is 0 Å². The molecule has 152 valence electrons. The minimum Gasteiger partial charge on any atom is -0.378 e. The zero-order valence-corrected chi connectivity index (χ0v) is 16.7. The van der Waals surface area contributed by atoms with Crippen molar-refractivity contribution < 1.29 is 14.3 Å². The summed E-state index contributed by atoms with van der Waals surface area (Å²) < 4.78 is 5.26. The number of ether oxygens (including phenoxy) is 1. The van der Waals surface area contributed by atoms with Gasteiger partial charge >= 0.3 is 6.03 Å². The van der Waals surface area contributed by atoms with Crippen LogP contribution in [0.2, 0.25) is 0 Å². The van der Waals surface area contributed by atoms with E-state index >= 15 is 0 Å². The summed E-state index contributed by atoms with van der Waals surface area (Å²) in [6.45, 7) is 6.03. The Hall–Kier alpha value is -2.59. The first-order chi connectivity index (χ1) is 13.5. The Kier molecular flexibility index (Phi) is 8.76. The third-order valence-electron chi connectivity index (χ3n) is 4.66. The molecule has 1 aliphatic heterocycles. The highest BCUT2D eigenvalue weighted by Crippen LogP contribution is 2.09. The van der Waals surface area contributed by atoms with Crippen LogP contribution in [0.4, 0.5) is 4.79 Å². The molecule has 1 aliphatic rings. The maximum atomic E-state index is 12.8. The molecule has 0 spiro atoms. The summed E-state index contributed by atoms with van der Waals surface area (Å²) >= 11 is 0. The predicted molar refractivity (Wildman–Crippen MR) is 106 cm³/mol. The number of hydrogen-bond donors (Lipinski definition) is 2. The van der Waals surface area contributed by atoms with E-state index in [1.54, 1.807) is 4.90 Å². The third-order valence-corrected chi connectivity index (χ3v) is 4.66. The number of morpholine rings is 1. The van der Waals surface area contributed by atoms with Gasteiger partial charge in [0, 0.05) is 13.1 Å². The van der Waals surface area contributed by atoms with Crippen LogP contribution in [-0.4, -0.2) is 55.2 Å². The van der Waals surface area contributed by atoms with E-state index in [0.29, 0.717) is 45.6 Å². The van der Waals surface area contributed by atoms with Crippen LogP contribution in [0.5, 0.6) is 0 Å². The van der Waals surface area contributed by atoms with E-state index in [0.717, 1.165) is 5.56 Å². The molecule has 0 aromatic heterocycles. The summed E-state index contributed by atoms with van der Waals surface area (Å²) in [5.41, 5.74) is 1.12. The van der Waals surface area contributed by atoms with Crippen molar-refractivity contribution in [2.75, 3.05) is 26.3 Å². The summed E-state index contributed by atoms with van der Waals surface area (Å²) in [4.78, 5) is 26.9. The monoisotopic (exact) mass is 386 g/mol. The molecule has 0 aliphatic carbocycles. The van der Waals surface area contributed by atoms with Crippen LogP contribution in [0, 0.1) is 17.2 Å². The van der Waals surface area contributed by atoms with E-state index in [1.807, 2.05) is 44.2 Å². The van der Waals surface area contributed by atoms with E-state index in [4.69, 9.17) is 4.74 Å². The van der Waals surface area contributed by atoms with Gasteiger partial charge in [0.1, 0.15) is 12.1 Å². The van der Waals surface area contributed by atoms with Crippen LogP contribution in [0.25, 0.3) is 0 Å². The second-order valence-corrected chi connectivity index (χ2v) is 7.45. The van der Waals surface area contributed by atoms with Gasteiger partial charge in [0.25, 0.3) is 0 Å². The van der Waals surface area contributed by atoms with E-state index in [1.165, 1.54) is 0 Å². The molecule has 7 heteroatoms. The second kappa shape index (κ2) is 11.3. The number of urea groups is 1. The molecule has 2 atom stereocenters. The smallest absolute Gasteiger partial charge is 0.318 e. The van der Waals surface area contributed by atoms with Crippen molar-refractivity contribution in [2.24, 2.45) is 5.92 Å². The second-order valence-electron chi connectivity index (χ2n) is 7.45. The lowest BCUT2D eigenvalue weighted by Gasteiger charge is -2.29. The van der Waals surface area contributed by atoms with Crippen LogP contribution in [0.1, 0.15) is 32.3 Å². The van der Waals surface area contributed by atoms with E-state index in [2.05, 4.69) is 16.7 Å². The van der Waals surface area contributed by atoms with Crippen molar-refractivity contribution in [1.29, 1.82) is 5.26 Å². The molecule has 1 aromatic rings. The third kappa shape index (κ3) is 7.20. The maximum Gasteiger partial charge on any atom is 0.318 e. The Balaban J connectivity index is 1.92. The Morgan fingerprint density at radius 3 is 2.46 bits per heavy atom. The molecule has 7 nitrogen and oxygen atoms in total. The summed E-state index contributed by atoms with van der Waals surface area (Å²) in [6, 6.07) is 10.5. The van der Waals surface area contributed by atoms with Gasteiger partial charge in [0.2, 0.25) is 5.91 Å². The van der Waals surface area contributed by atoms with Crippen LogP contribution in [0.3, 0.4) is 0 Å². The summed E-state index contributed by atoms with van der Waals surface area (Å²) in [5.74, 6) is -0.0829. The Morgan fingerprint density at radius 1 is 1.18 bits per heavy atom. The number of rotatable bonds is 8. The van der Waals surface area contributed by atoms with Gasteiger partial charge in [-0.1, -0.05) is 44.2 Å². The molecule has 28 heavy (non-hydrogen) atoms. The number of carbonyl (C=O) groups is 2. The van der Waals surface area contributed by atoms with E-state index < -0.39 is 12.1 Å². The van der Waals surface area contributed by atoms with Crippen molar-refractivity contribution in [3.8, 4) is 6.07 Å². The largest absolute Gasteiger partial charge is 0.378 e. The quantitative estimate of drug-likeness (QED) is 0.715. The zero-order chi connectivity index (χ0) is 20.4. The van der Waals surface area contributed by atoms with Crippen molar-refractivity contribution in [3.05, 3.63) is 35.9 Å². The molecule has 1 fully saturated rings. The molecule has 1 heterocycles. The first-order valence-corrected chi connectivity index (χ1v) is 9.86. The molecule has 3 amide bonds. The molecule has 0 radical (unpaired) electrons. The van der Waals surface area contributed by atoms with Gasteiger partial charge in [-0.25, -0.2) is 4.79 Å². The van der Waals surface area contributed by atoms with Crippen molar-refractivity contribution in [2.45, 2.75) is 45.2 Å². The first kappa shape index (κ1) is 21.7. The number of nitriles is 1. The highest BCUT2D eigenvalue weighted by Gasteiger charge is 2.26. The number of carbonyl (C=O) groups excluding carboxylic acids is 2. The highest BCUT2D eigenvalue weighted by molar-refractivity contribution is 5.87. The maximum absolute atomic E-state index is 12.8. The Morgan fingerprint density at radius 2 is 1.86 bits per heavy atom. The summed E-state index contributed by atoms with van der Waals surface area (Å²) in [5, 5.41) is 15.1. The fourth-order valence-electron chi connectivity index (χ4n) is 3.11. The van der Waals surface area contributed by atoms with Crippen LogP contribution in [0.15, 0.2) is 30.3 Å². The SMILES string of the molecule is CC(C)C[C@@H](NC(=O)N1CCOCC1)C(=O)N[C@H](C#N)CCc1ccccc1. The van der Waals surface area contributed by atoms with Crippen LogP contribution < -0.4 is 10.6 Å². The molecular weight excluding hydrogens is 356 g/mol. The Labute approximate surface area is 167 Å². The fraction of sp³-hybridized carbons (Fsp3) is 0.571. The average Bonchev–Trinajstić information content (AvgIpc) is 2.71. The summed E-state index contributed by atoms with van der Waals surface area (Å²) in [6.07, 6.45) is 1.74. The number of nitrogens with zero attached hydrogens (tertiary/aromatic N) is 2. The topological polar surface area (TPSA) is 94.5 Å². The van der Waals surface area contributed by atoms with Crippen LogP contribution in [-0.2, 0) is 16.0 Å². The summed E-state index contributed by atoms with van der Waals surface area (Å²) in [7, 11) is 0. The number of amides is 3. The molecule has 1 saturated heterocycles.